The molecule has 1 aliphatic rings. The van der Waals surface area contributed by atoms with Gasteiger partial charge in [0.25, 0.3) is 0 Å². The Morgan fingerprint density at radius 1 is 1.32 bits per heavy atom. The van der Waals surface area contributed by atoms with Gasteiger partial charge in [0.05, 0.1) is 6.54 Å². The SMILES string of the molecule is CC(NC(=O)Nc1cccc(N2CCOC2=O)c1)C(=O)OC(C)(C)C. The number of amides is 3. The number of benzene rings is 1. The molecule has 25 heavy (non-hydrogen) atoms. The second-order valence-electron chi connectivity index (χ2n) is 6.67. The van der Waals surface area contributed by atoms with Gasteiger partial charge in [-0.15, -0.1) is 0 Å². The normalized spacial score (nSPS) is 15.4. The molecule has 1 heterocycles. The summed E-state index contributed by atoms with van der Waals surface area (Å²) in [5, 5.41) is 5.15. The Morgan fingerprint density at radius 2 is 2.04 bits per heavy atom. The van der Waals surface area contributed by atoms with Crippen molar-refractivity contribution in [3.05, 3.63) is 24.3 Å². The number of carbonyl (C=O) groups excluding carboxylic acids is 3. The predicted octanol–water partition coefficient (Wildman–Crippen LogP) is 2.49. The molecule has 1 unspecified atom stereocenters. The van der Waals surface area contributed by atoms with Crippen LogP contribution in [0.15, 0.2) is 24.3 Å². The summed E-state index contributed by atoms with van der Waals surface area (Å²) in [5.74, 6) is -0.517. The Bertz CT molecular complexity index is 668. The second-order valence-corrected chi connectivity index (χ2v) is 6.67. The first-order valence-corrected chi connectivity index (χ1v) is 8.00. The minimum atomic E-state index is -0.795. The Kier molecular flexibility index (Phi) is 5.51. The largest absolute Gasteiger partial charge is 0.458 e. The summed E-state index contributed by atoms with van der Waals surface area (Å²) < 4.78 is 10.1. The van der Waals surface area contributed by atoms with Crippen molar-refractivity contribution < 1.29 is 23.9 Å². The molecule has 2 rings (SSSR count). The van der Waals surface area contributed by atoms with E-state index in [0.29, 0.717) is 24.5 Å². The van der Waals surface area contributed by atoms with Gasteiger partial charge in [-0.3, -0.25) is 4.90 Å². The Balaban J connectivity index is 1.94. The van der Waals surface area contributed by atoms with Crippen LogP contribution in [0.1, 0.15) is 27.7 Å². The number of nitrogens with zero attached hydrogens (tertiary/aromatic N) is 1. The van der Waals surface area contributed by atoms with Crippen LogP contribution in [0.2, 0.25) is 0 Å². The van der Waals surface area contributed by atoms with E-state index in [-0.39, 0.29) is 0 Å². The van der Waals surface area contributed by atoms with Crippen LogP contribution in [0.4, 0.5) is 21.0 Å². The maximum Gasteiger partial charge on any atom is 0.414 e. The minimum Gasteiger partial charge on any atom is -0.458 e. The molecule has 8 heteroatoms. The number of rotatable bonds is 4. The molecule has 0 aliphatic carbocycles. The van der Waals surface area contributed by atoms with E-state index in [1.54, 1.807) is 52.0 Å². The van der Waals surface area contributed by atoms with Gasteiger partial charge < -0.3 is 20.1 Å². The number of carbonyl (C=O) groups is 3. The van der Waals surface area contributed by atoms with E-state index >= 15 is 0 Å². The molecule has 136 valence electrons. The molecule has 0 aromatic heterocycles. The van der Waals surface area contributed by atoms with Crippen LogP contribution >= 0.6 is 0 Å². The van der Waals surface area contributed by atoms with Crippen LogP contribution in [0.5, 0.6) is 0 Å². The second kappa shape index (κ2) is 7.42. The van der Waals surface area contributed by atoms with Gasteiger partial charge in [-0.2, -0.15) is 0 Å². The number of esters is 1. The van der Waals surface area contributed by atoms with Crippen LogP contribution in [0.3, 0.4) is 0 Å². The summed E-state index contributed by atoms with van der Waals surface area (Å²) in [6.07, 6.45) is -0.417. The number of ether oxygens (including phenoxy) is 2. The van der Waals surface area contributed by atoms with E-state index in [0.717, 1.165) is 0 Å². The zero-order valence-electron chi connectivity index (χ0n) is 14.8. The summed E-state index contributed by atoms with van der Waals surface area (Å²) in [6, 6.07) is 5.47. The Labute approximate surface area is 146 Å². The van der Waals surface area contributed by atoms with Crippen molar-refractivity contribution in [1.29, 1.82) is 0 Å². The average molecular weight is 349 g/mol. The van der Waals surface area contributed by atoms with E-state index in [4.69, 9.17) is 9.47 Å². The molecule has 1 atom stereocenters. The summed E-state index contributed by atoms with van der Waals surface area (Å²) in [4.78, 5) is 37.0. The van der Waals surface area contributed by atoms with Crippen molar-refractivity contribution >= 4 is 29.5 Å². The third-order valence-corrected chi connectivity index (χ3v) is 3.28. The lowest BCUT2D eigenvalue weighted by atomic mass is 10.2. The first-order valence-electron chi connectivity index (χ1n) is 8.00. The number of nitrogens with one attached hydrogen (secondary N) is 2. The van der Waals surface area contributed by atoms with Crippen molar-refractivity contribution in [2.75, 3.05) is 23.4 Å². The zero-order chi connectivity index (χ0) is 18.6. The lowest BCUT2D eigenvalue weighted by Crippen LogP contribution is -2.44. The molecule has 0 spiro atoms. The summed E-state index contributed by atoms with van der Waals surface area (Å²) >= 11 is 0. The monoisotopic (exact) mass is 349 g/mol. The molecule has 1 aromatic rings. The van der Waals surface area contributed by atoms with Crippen molar-refractivity contribution in [3.8, 4) is 0 Å². The molecule has 1 saturated heterocycles. The highest BCUT2D eigenvalue weighted by molar-refractivity contribution is 5.94. The van der Waals surface area contributed by atoms with E-state index < -0.39 is 29.7 Å². The molecule has 1 aromatic carbocycles. The number of urea groups is 1. The minimum absolute atomic E-state index is 0.338. The number of hydrogen-bond donors (Lipinski definition) is 2. The molecular weight excluding hydrogens is 326 g/mol. The van der Waals surface area contributed by atoms with Gasteiger partial charge in [0.15, 0.2) is 0 Å². The molecule has 1 fully saturated rings. The molecule has 0 radical (unpaired) electrons. The fourth-order valence-corrected chi connectivity index (χ4v) is 2.19. The fourth-order valence-electron chi connectivity index (χ4n) is 2.19. The van der Waals surface area contributed by atoms with Gasteiger partial charge in [-0.05, 0) is 45.9 Å². The third-order valence-electron chi connectivity index (χ3n) is 3.28. The highest BCUT2D eigenvalue weighted by Crippen LogP contribution is 2.22. The predicted molar refractivity (Wildman–Crippen MR) is 92.6 cm³/mol. The van der Waals surface area contributed by atoms with Crippen molar-refractivity contribution in [2.45, 2.75) is 39.3 Å². The third kappa shape index (κ3) is 5.37. The highest BCUT2D eigenvalue weighted by atomic mass is 16.6. The van der Waals surface area contributed by atoms with Crippen LogP contribution < -0.4 is 15.5 Å². The Morgan fingerprint density at radius 3 is 2.64 bits per heavy atom. The summed E-state index contributed by atoms with van der Waals surface area (Å²) in [7, 11) is 0. The van der Waals surface area contributed by atoms with Gasteiger partial charge in [0.1, 0.15) is 18.2 Å². The average Bonchev–Trinajstić information content (AvgIpc) is 2.91. The number of cyclic esters (lactones) is 1. The lowest BCUT2D eigenvalue weighted by Gasteiger charge is -2.22. The summed E-state index contributed by atoms with van der Waals surface area (Å²) in [5.41, 5.74) is 0.494. The maximum atomic E-state index is 12.1. The van der Waals surface area contributed by atoms with E-state index in [9.17, 15) is 14.4 Å². The van der Waals surface area contributed by atoms with Crippen molar-refractivity contribution in [1.82, 2.24) is 5.32 Å². The molecule has 0 bridgehead atoms. The molecule has 8 nitrogen and oxygen atoms in total. The smallest absolute Gasteiger partial charge is 0.414 e. The first-order chi connectivity index (χ1) is 11.7. The van der Waals surface area contributed by atoms with E-state index in [2.05, 4.69) is 10.6 Å². The van der Waals surface area contributed by atoms with Crippen LogP contribution in [0.25, 0.3) is 0 Å². The van der Waals surface area contributed by atoms with Gasteiger partial charge in [-0.25, -0.2) is 14.4 Å². The lowest BCUT2D eigenvalue weighted by molar-refractivity contribution is -0.156. The van der Waals surface area contributed by atoms with Gasteiger partial charge in [0, 0.05) is 11.4 Å². The standard InChI is InChI=1S/C17H23N3O5/c1-11(14(21)25-17(2,3)4)18-15(22)19-12-6-5-7-13(10-12)20-8-9-24-16(20)23/h5-7,10-11H,8-9H2,1-4H3,(H2,18,19,22). The highest BCUT2D eigenvalue weighted by Gasteiger charge is 2.25. The van der Waals surface area contributed by atoms with Crippen molar-refractivity contribution in [2.24, 2.45) is 0 Å². The quantitative estimate of drug-likeness (QED) is 0.814. The van der Waals surface area contributed by atoms with Crippen LogP contribution in [0, 0.1) is 0 Å². The van der Waals surface area contributed by atoms with Crippen LogP contribution in [-0.2, 0) is 14.3 Å². The van der Waals surface area contributed by atoms with Gasteiger partial charge >= 0.3 is 18.1 Å². The molecular formula is C17H23N3O5. The summed E-state index contributed by atoms with van der Waals surface area (Å²) in [6.45, 7) is 7.62. The van der Waals surface area contributed by atoms with Gasteiger partial charge in [-0.1, -0.05) is 6.07 Å². The van der Waals surface area contributed by atoms with Crippen molar-refractivity contribution in [3.63, 3.8) is 0 Å². The van der Waals surface area contributed by atoms with Gasteiger partial charge in [0.2, 0.25) is 0 Å². The number of hydrogen-bond acceptors (Lipinski definition) is 5. The molecule has 2 N–H and O–H groups in total. The zero-order valence-corrected chi connectivity index (χ0v) is 14.8. The maximum absolute atomic E-state index is 12.1. The fraction of sp³-hybridized carbons (Fsp3) is 0.471. The number of anilines is 2. The first kappa shape index (κ1) is 18.6. The van der Waals surface area contributed by atoms with E-state index in [1.807, 2.05) is 0 Å². The molecule has 3 amide bonds. The topological polar surface area (TPSA) is 97.0 Å². The molecule has 0 saturated carbocycles. The van der Waals surface area contributed by atoms with Crippen LogP contribution in [-0.4, -0.2) is 42.9 Å². The van der Waals surface area contributed by atoms with E-state index in [1.165, 1.54) is 4.90 Å². The Hall–Kier alpha value is -2.77. The molecule has 1 aliphatic heterocycles.